The van der Waals surface area contributed by atoms with E-state index < -0.39 is 0 Å². The van der Waals surface area contributed by atoms with Gasteiger partial charge in [-0.15, -0.1) is 0 Å². The lowest BCUT2D eigenvalue weighted by Gasteiger charge is -2.22. The number of hydrogen-bond acceptors (Lipinski definition) is 2. The standard InChI is InChI=1S/C12H21NO2/c1-2-12(5-6-12)9-13-11(14)10-4-3-7-15-8-10/h10H,2-9H2,1H3,(H,13,14). The normalized spacial score (nSPS) is 28.5. The van der Waals surface area contributed by atoms with Gasteiger partial charge in [0.15, 0.2) is 0 Å². The van der Waals surface area contributed by atoms with E-state index in [1.54, 1.807) is 0 Å². The maximum absolute atomic E-state index is 11.8. The number of ether oxygens (including phenoxy) is 1. The average Bonchev–Trinajstić information content (AvgIpc) is 3.08. The molecular weight excluding hydrogens is 190 g/mol. The lowest BCUT2D eigenvalue weighted by atomic mass is 10.00. The molecule has 15 heavy (non-hydrogen) atoms. The van der Waals surface area contributed by atoms with Crippen molar-refractivity contribution in [1.82, 2.24) is 5.32 Å². The molecule has 1 N–H and O–H groups in total. The molecule has 0 aromatic heterocycles. The highest BCUT2D eigenvalue weighted by atomic mass is 16.5. The quantitative estimate of drug-likeness (QED) is 0.769. The summed E-state index contributed by atoms with van der Waals surface area (Å²) in [6, 6.07) is 0. The first-order valence-corrected chi connectivity index (χ1v) is 6.11. The van der Waals surface area contributed by atoms with Gasteiger partial charge in [0, 0.05) is 13.2 Å². The number of carbonyl (C=O) groups excluding carboxylic acids is 1. The molecule has 86 valence electrons. The molecule has 0 bridgehead atoms. The zero-order valence-electron chi connectivity index (χ0n) is 9.55. The molecule has 0 radical (unpaired) electrons. The molecule has 1 unspecified atom stereocenters. The third kappa shape index (κ3) is 2.71. The van der Waals surface area contributed by atoms with Crippen molar-refractivity contribution < 1.29 is 9.53 Å². The van der Waals surface area contributed by atoms with Gasteiger partial charge in [0.25, 0.3) is 0 Å². The van der Waals surface area contributed by atoms with Crippen LogP contribution in [0.2, 0.25) is 0 Å². The van der Waals surface area contributed by atoms with Crippen LogP contribution in [0.3, 0.4) is 0 Å². The van der Waals surface area contributed by atoms with E-state index in [4.69, 9.17) is 4.74 Å². The minimum atomic E-state index is 0.103. The molecule has 3 heteroatoms. The Hall–Kier alpha value is -0.570. The van der Waals surface area contributed by atoms with Gasteiger partial charge >= 0.3 is 0 Å². The highest BCUT2D eigenvalue weighted by Crippen LogP contribution is 2.47. The summed E-state index contributed by atoms with van der Waals surface area (Å²) in [6.45, 7) is 4.52. The van der Waals surface area contributed by atoms with E-state index >= 15 is 0 Å². The summed E-state index contributed by atoms with van der Waals surface area (Å²) in [6.07, 6.45) is 5.77. The van der Waals surface area contributed by atoms with Crippen molar-refractivity contribution in [3.05, 3.63) is 0 Å². The summed E-state index contributed by atoms with van der Waals surface area (Å²) in [5.74, 6) is 0.306. The highest BCUT2D eigenvalue weighted by Gasteiger charge is 2.41. The SMILES string of the molecule is CCC1(CNC(=O)C2CCCOC2)CC1. The van der Waals surface area contributed by atoms with Crippen LogP contribution in [0, 0.1) is 11.3 Å². The first-order valence-electron chi connectivity index (χ1n) is 6.11. The Balaban J connectivity index is 1.72. The van der Waals surface area contributed by atoms with Crippen LogP contribution in [0.4, 0.5) is 0 Å². The Kier molecular flexibility index (Phi) is 3.29. The van der Waals surface area contributed by atoms with Crippen LogP contribution >= 0.6 is 0 Å². The Bertz CT molecular complexity index is 230. The molecule has 2 rings (SSSR count). The van der Waals surface area contributed by atoms with Gasteiger partial charge in [-0.2, -0.15) is 0 Å². The highest BCUT2D eigenvalue weighted by molar-refractivity contribution is 5.78. The molecule has 1 aliphatic heterocycles. The second-order valence-electron chi connectivity index (χ2n) is 4.99. The Morgan fingerprint density at radius 1 is 1.53 bits per heavy atom. The van der Waals surface area contributed by atoms with Crippen LogP contribution in [-0.4, -0.2) is 25.7 Å². The molecule has 1 amide bonds. The predicted octanol–water partition coefficient (Wildman–Crippen LogP) is 1.72. The Labute approximate surface area is 91.6 Å². The molecule has 1 saturated heterocycles. The third-order valence-corrected chi connectivity index (χ3v) is 3.88. The van der Waals surface area contributed by atoms with E-state index in [2.05, 4.69) is 12.2 Å². The molecule has 0 spiro atoms. The zero-order chi connectivity index (χ0) is 10.7. The Morgan fingerprint density at radius 3 is 2.87 bits per heavy atom. The number of hydrogen-bond donors (Lipinski definition) is 1. The van der Waals surface area contributed by atoms with Gasteiger partial charge in [-0.05, 0) is 37.5 Å². The second-order valence-corrected chi connectivity index (χ2v) is 4.99. The fourth-order valence-corrected chi connectivity index (χ4v) is 2.20. The van der Waals surface area contributed by atoms with Gasteiger partial charge < -0.3 is 10.1 Å². The predicted molar refractivity (Wildman–Crippen MR) is 58.5 cm³/mol. The van der Waals surface area contributed by atoms with Crippen LogP contribution in [0.5, 0.6) is 0 Å². The number of carbonyl (C=O) groups is 1. The first-order chi connectivity index (χ1) is 7.26. The maximum atomic E-state index is 11.8. The lowest BCUT2D eigenvalue weighted by molar-refractivity contribution is -0.129. The smallest absolute Gasteiger partial charge is 0.225 e. The van der Waals surface area contributed by atoms with Crippen molar-refractivity contribution in [3.63, 3.8) is 0 Å². The van der Waals surface area contributed by atoms with Crippen molar-refractivity contribution in [1.29, 1.82) is 0 Å². The van der Waals surface area contributed by atoms with Crippen LogP contribution in [0.25, 0.3) is 0 Å². The van der Waals surface area contributed by atoms with Gasteiger partial charge in [-0.1, -0.05) is 6.92 Å². The van der Waals surface area contributed by atoms with Gasteiger partial charge in [0.1, 0.15) is 0 Å². The number of rotatable bonds is 4. The molecule has 0 aromatic carbocycles. The van der Waals surface area contributed by atoms with E-state index in [9.17, 15) is 4.79 Å². The summed E-state index contributed by atoms with van der Waals surface area (Å²) in [5.41, 5.74) is 0.450. The first kappa shape index (κ1) is 10.9. The van der Waals surface area contributed by atoms with E-state index in [1.165, 1.54) is 19.3 Å². The van der Waals surface area contributed by atoms with Crippen molar-refractivity contribution in [3.8, 4) is 0 Å². The molecule has 3 nitrogen and oxygen atoms in total. The van der Waals surface area contributed by atoms with Crippen LogP contribution in [0.1, 0.15) is 39.0 Å². The van der Waals surface area contributed by atoms with E-state index in [-0.39, 0.29) is 11.8 Å². The number of amides is 1. The van der Waals surface area contributed by atoms with E-state index in [1.807, 2.05) is 0 Å². The van der Waals surface area contributed by atoms with E-state index in [0.717, 1.165) is 26.0 Å². The van der Waals surface area contributed by atoms with Gasteiger partial charge in [0.2, 0.25) is 5.91 Å². The van der Waals surface area contributed by atoms with Crippen LogP contribution < -0.4 is 5.32 Å². The molecule has 1 saturated carbocycles. The van der Waals surface area contributed by atoms with Crippen molar-refractivity contribution in [2.75, 3.05) is 19.8 Å². The van der Waals surface area contributed by atoms with Crippen molar-refractivity contribution in [2.24, 2.45) is 11.3 Å². The fraction of sp³-hybridized carbons (Fsp3) is 0.917. The van der Waals surface area contributed by atoms with Gasteiger partial charge in [-0.3, -0.25) is 4.79 Å². The maximum Gasteiger partial charge on any atom is 0.225 e. The summed E-state index contributed by atoms with van der Waals surface area (Å²) < 4.78 is 5.32. The monoisotopic (exact) mass is 211 g/mol. The second kappa shape index (κ2) is 4.52. The number of nitrogens with one attached hydrogen (secondary N) is 1. The molecule has 0 aromatic rings. The summed E-state index contributed by atoms with van der Waals surface area (Å²) in [5, 5.41) is 3.09. The molecular formula is C12H21NO2. The fourth-order valence-electron chi connectivity index (χ4n) is 2.20. The summed E-state index contributed by atoms with van der Waals surface area (Å²) >= 11 is 0. The zero-order valence-corrected chi connectivity index (χ0v) is 9.55. The molecule has 1 heterocycles. The summed E-state index contributed by atoms with van der Waals surface area (Å²) in [4.78, 5) is 11.8. The topological polar surface area (TPSA) is 38.3 Å². The third-order valence-electron chi connectivity index (χ3n) is 3.88. The summed E-state index contributed by atoms with van der Waals surface area (Å²) in [7, 11) is 0. The molecule has 2 fully saturated rings. The van der Waals surface area contributed by atoms with E-state index in [0.29, 0.717) is 12.0 Å². The Morgan fingerprint density at radius 2 is 2.33 bits per heavy atom. The molecule has 1 aliphatic carbocycles. The largest absolute Gasteiger partial charge is 0.381 e. The molecule has 1 atom stereocenters. The van der Waals surface area contributed by atoms with Crippen LogP contribution in [-0.2, 0) is 9.53 Å². The average molecular weight is 211 g/mol. The minimum Gasteiger partial charge on any atom is -0.381 e. The minimum absolute atomic E-state index is 0.103. The van der Waals surface area contributed by atoms with Crippen molar-refractivity contribution in [2.45, 2.75) is 39.0 Å². The van der Waals surface area contributed by atoms with Crippen molar-refractivity contribution >= 4 is 5.91 Å². The van der Waals surface area contributed by atoms with Crippen LogP contribution in [0.15, 0.2) is 0 Å². The molecule has 2 aliphatic rings. The van der Waals surface area contributed by atoms with Gasteiger partial charge in [-0.25, -0.2) is 0 Å². The van der Waals surface area contributed by atoms with Gasteiger partial charge in [0.05, 0.1) is 12.5 Å². The lowest BCUT2D eigenvalue weighted by Crippen LogP contribution is -2.38.